The average molecular weight is 353 g/mol. The highest BCUT2D eigenvalue weighted by Crippen LogP contribution is 2.23. The van der Waals surface area contributed by atoms with Gasteiger partial charge in [-0.15, -0.1) is 0 Å². The molecule has 0 saturated carbocycles. The van der Waals surface area contributed by atoms with Gasteiger partial charge in [-0.25, -0.2) is 8.42 Å². The Bertz CT molecular complexity index is 861. The molecule has 0 spiro atoms. The highest BCUT2D eigenvalue weighted by molar-refractivity contribution is 7.92. The predicted octanol–water partition coefficient (Wildman–Crippen LogP) is 3.61. The summed E-state index contributed by atoms with van der Waals surface area (Å²) in [7, 11) is -3.74. The molecule has 2 rings (SSSR count). The lowest BCUT2D eigenvalue weighted by Gasteiger charge is -2.09. The Morgan fingerprint density at radius 1 is 1.22 bits per heavy atom. The fourth-order valence-electron chi connectivity index (χ4n) is 1.83. The van der Waals surface area contributed by atoms with Gasteiger partial charge in [-0.05, 0) is 31.2 Å². The first kappa shape index (κ1) is 17.0. The lowest BCUT2D eigenvalue weighted by atomic mass is 10.2. The van der Waals surface area contributed by atoms with Gasteiger partial charge in [0.25, 0.3) is 16.2 Å². The lowest BCUT2D eigenvalue weighted by molar-refractivity contribution is -0.401. The zero-order valence-corrected chi connectivity index (χ0v) is 13.6. The van der Waals surface area contributed by atoms with Crippen LogP contribution in [-0.4, -0.2) is 13.3 Å². The third-order valence-electron chi connectivity index (χ3n) is 2.94. The normalized spacial score (nSPS) is 12.0. The number of sulfonamides is 1. The maximum absolute atomic E-state index is 12.3. The molecule has 6 nitrogen and oxygen atoms in total. The molecular formula is C15H13ClN2O4S. The lowest BCUT2D eigenvalue weighted by Crippen LogP contribution is -2.12. The number of nitro groups is 1. The SMILES string of the molecule is Cc1ccc(S(=O)(=O)Nc2cccc(/C(Cl)=C\[N+](=O)[O-])c2)cc1. The first-order chi connectivity index (χ1) is 10.8. The fourth-order valence-corrected chi connectivity index (χ4v) is 3.08. The number of halogens is 1. The number of nitrogens with zero attached hydrogens (tertiary/aromatic N) is 1. The Hall–Kier alpha value is -2.38. The van der Waals surface area contributed by atoms with Gasteiger partial charge in [-0.2, -0.15) is 0 Å². The summed E-state index contributed by atoms with van der Waals surface area (Å²) in [6.45, 7) is 1.86. The molecule has 0 aliphatic rings. The van der Waals surface area contributed by atoms with Gasteiger partial charge in [-0.3, -0.25) is 14.8 Å². The minimum atomic E-state index is -3.74. The fraction of sp³-hybridized carbons (Fsp3) is 0.0667. The third kappa shape index (κ3) is 4.54. The van der Waals surface area contributed by atoms with Crippen molar-refractivity contribution < 1.29 is 13.3 Å². The maximum atomic E-state index is 12.3. The number of anilines is 1. The van der Waals surface area contributed by atoms with Crippen LogP contribution in [0.4, 0.5) is 5.69 Å². The summed E-state index contributed by atoms with van der Waals surface area (Å²) in [5.74, 6) is 0. The summed E-state index contributed by atoms with van der Waals surface area (Å²) < 4.78 is 27.0. The molecule has 0 aliphatic heterocycles. The van der Waals surface area contributed by atoms with Crippen molar-refractivity contribution in [1.82, 2.24) is 0 Å². The molecular weight excluding hydrogens is 340 g/mol. The summed E-state index contributed by atoms with van der Waals surface area (Å²) in [6.07, 6.45) is 0.648. The van der Waals surface area contributed by atoms with E-state index in [2.05, 4.69) is 4.72 Å². The smallest absolute Gasteiger partial charge is 0.261 e. The molecule has 1 N–H and O–H groups in total. The van der Waals surface area contributed by atoms with Crippen LogP contribution in [0.25, 0.3) is 5.03 Å². The molecule has 0 radical (unpaired) electrons. The number of rotatable bonds is 5. The molecule has 2 aromatic carbocycles. The first-order valence-electron chi connectivity index (χ1n) is 6.49. The molecule has 23 heavy (non-hydrogen) atoms. The Labute approximate surface area is 138 Å². The third-order valence-corrected chi connectivity index (χ3v) is 4.65. The van der Waals surface area contributed by atoms with Crippen LogP contribution < -0.4 is 4.72 Å². The van der Waals surface area contributed by atoms with Crippen molar-refractivity contribution in [3.63, 3.8) is 0 Å². The predicted molar refractivity (Wildman–Crippen MR) is 89.3 cm³/mol. The van der Waals surface area contributed by atoms with E-state index in [1.54, 1.807) is 24.3 Å². The summed E-state index contributed by atoms with van der Waals surface area (Å²) in [6, 6.07) is 12.5. The molecule has 2 aromatic rings. The molecule has 0 aromatic heterocycles. The van der Waals surface area contributed by atoms with Gasteiger partial charge in [0.15, 0.2) is 0 Å². The second-order valence-corrected chi connectivity index (χ2v) is 6.85. The van der Waals surface area contributed by atoms with Crippen molar-refractivity contribution in [2.45, 2.75) is 11.8 Å². The van der Waals surface area contributed by atoms with E-state index in [9.17, 15) is 18.5 Å². The minimum absolute atomic E-state index is 0.0913. The standard InChI is InChI=1S/C15H13ClN2O4S/c1-11-5-7-14(8-6-11)23(21,22)17-13-4-2-3-12(9-13)15(16)10-18(19)20/h2-10,17H,1H3/b15-10+. The molecule has 0 atom stereocenters. The van der Waals surface area contributed by atoms with Crippen LogP contribution in [0.3, 0.4) is 0 Å². The van der Waals surface area contributed by atoms with Crippen LogP contribution in [0.5, 0.6) is 0 Å². The van der Waals surface area contributed by atoms with Crippen LogP contribution in [0, 0.1) is 17.0 Å². The molecule has 0 saturated heterocycles. The quantitative estimate of drug-likeness (QED) is 0.657. The van der Waals surface area contributed by atoms with Crippen molar-refractivity contribution in [2.24, 2.45) is 0 Å². The topological polar surface area (TPSA) is 89.3 Å². The summed E-state index contributed by atoms with van der Waals surface area (Å²) in [5.41, 5.74) is 1.55. The maximum Gasteiger partial charge on any atom is 0.261 e. The summed E-state index contributed by atoms with van der Waals surface area (Å²) in [5, 5.41) is 10.4. The minimum Gasteiger partial charge on any atom is -0.280 e. The van der Waals surface area contributed by atoms with E-state index in [4.69, 9.17) is 11.6 Å². The van der Waals surface area contributed by atoms with E-state index >= 15 is 0 Å². The number of nitrogens with one attached hydrogen (secondary N) is 1. The van der Waals surface area contributed by atoms with Crippen LogP contribution >= 0.6 is 11.6 Å². The molecule has 0 heterocycles. The number of benzene rings is 2. The monoisotopic (exact) mass is 352 g/mol. The highest BCUT2D eigenvalue weighted by atomic mass is 35.5. The van der Waals surface area contributed by atoms with Gasteiger partial charge < -0.3 is 0 Å². The number of hydrogen-bond donors (Lipinski definition) is 1. The van der Waals surface area contributed by atoms with Crippen molar-refractivity contribution in [3.05, 3.63) is 76.0 Å². The van der Waals surface area contributed by atoms with Gasteiger partial charge in [0, 0.05) is 11.3 Å². The first-order valence-corrected chi connectivity index (χ1v) is 8.35. The molecule has 0 aliphatic carbocycles. The van der Waals surface area contributed by atoms with Crippen LogP contribution in [0.1, 0.15) is 11.1 Å². The molecule has 0 unspecified atom stereocenters. The van der Waals surface area contributed by atoms with E-state index in [0.29, 0.717) is 11.8 Å². The van der Waals surface area contributed by atoms with E-state index < -0.39 is 14.9 Å². The molecule has 0 bridgehead atoms. The van der Waals surface area contributed by atoms with Crippen molar-refractivity contribution in [3.8, 4) is 0 Å². The number of aryl methyl sites for hydroxylation is 1. The molecule has 0 fully saturated rings. The van der Waals surface area contributed by atoms with Gasteiger partial charge >= 0.3 is 0 Å². The Balaban J connectivity index is 2.30. The van der Waals surface area contributed by atoms with Crippen molar-refractivity contribution in [2.75, 3.05) is 4.72 Å². The Kier molecular flexibility index (Phi) is 5.02. The van der Waals surface area contributed by atoms with Crippen molar-refractivity contribution >= 4 is 32.3 Å². The molecule has 0 amide bonds. The van der Waals surface area contributed by atoms with Gasteiger partial charge in [0.1, 0.15) is 5.03 Å². The van der Waals surface area contributed by atoms with E-state index in [0.717, 1.165) is 5.56 Å². The Morgan fingerprint density at radius 2 is 1.87 bits per heavy atom. The highest BCUT2D eigenvalue weighted by Gasteiger charge is 2.14. The summed E-state index contributed by atoms with van der Waals surface area (Å²) in [4.78, 5) is 9.89. The number of hydrogen-bond acceptors (Lipinski definition) is 4. The van der Waals surface area contributed by atoms with E-state index in [1.807, 2.05) is 6.92 Å². The average Bonchev–Trinajstić information content (AvgIpc) is 2.46. The second-order valence-electron chi connectivity index (χ2n) is 4.76. The van der Waals surface area contributed by atoms with Gasteiger partial charge in [0.2, 0.25) is 0 Å². The molecule has 8 heteroatoms. The largest absolute Gasteiger partial charge is 0.280 e. The van der Waals surface area contributed by atoms with E-state index in [-0.39, 0.29) is 15.6 Å². The zero-order chi connectivity index (χ0) is 17.0. The van der Waals surface area contributed by atoms with E-state index in [1.165, 1.54) is 24.3 Å². The van der Waals surface area contributed by atoms with Crippen LogP contribution in [-0.2, 0) is 10.0 Å². The van der Waals surface area contributed by atoms with Gasteiger partial charge in [0.05, 0.1) is 9.82 Å². The zero-order valence-electron chi connectivity index (χ0n) is 12.1. The van der Waals surface area contributed by atoms with Crippen molar-refractivity contribution in [1.29, 1.82) is 0 Å². The van der Waals surface area contributed by atoms with Crippen LogP contribution in [0.15, 0.2) is 59.6 Å². The van der Waals surface area contributed by atoms with Gasteiger partial charge in [-0.1, -0.05) is 41.4 Å². The summed E-state index contributed by atoms with van der Waals surface area (Å²) >= 11 is 5.82. The molecule has 120 valence electrons. The van der Waals surface area contributed by atoms with Crippen LogP contribution in [0.2, 0.25) is 0 Å². The Morgan fingerprint density at radius 3 is 2.48 bits per heavy atom. The second kappa shape index (κ2) is 6.80.